The fourth-order valence-electron chi connectivity index (χ4n) is 5.72. The average molecular weight is 626 g/mol. The predicted molar refractivity (Wildman–Crippen MR) is 159 cm³/mol. The average Bonchev–Trinajstić information content (AvgIpc) is 3.06. The molecule has 4 heterocycles. The Kier molecular flexibility index (Phi) is 9.57. The molecule has 14 heteroatoms. The molecule has 2 aliphatic rings. The molecule has 0 aliphatic carbocycles. The summed E-state index contributed by atoms with van der Waals surface area (Å²) in [7, 11) is 1.47. The number of anilines is 3. The Labute approximate surface area is 259 Å². The summed E-state index contributed by atoms with van der Waals surface area (Å²) in [6.07, 6.45) is -0.904. The number of alkyl halides is 3. The third-order valence-corrected chi connectivity index (χ3v) is 7.89. The van der Waals surface area contributed by atoms with Crippen LogP contribution in [0.1, 0.15) is 55.1 Å². The quantitative estimate of drug-likeness (QED) is 0.318. The van der Waals surface area contributed by atoms with Crippen molar-refractivity contribution in [3.63, 3.8) is 0 Å². The van der Waals surface area contributed by atoms with Crippen LogP contribution in [-0.2, 0) is 22.2 Å². The van der Waals surface area contributed by atoms with Crippen molar-refractivity contribution in [2.45, 2.75) is 51.5 Å². The van der Waals surface area contributed by atoms with E-state index in [4.69, 9.17) is 19.2 Å². The lowest BCUT2D eigenvalue weighted by Crippen LogP contribution is -2.48. The van der Waals surface area contributed by atoms with Crippen LogP contribution in [0.25, 0.3) is 0 Å². The monoisotopic (exact) mass is 625 g/mol. The molecule has 2 atom stereocenters. The van der Waals surface area contributed by atoms with Crippen LogP contribution in [-0.4, -0.2) is 67.1 Å². The van der Waals surface area contributed by atoms with E-state index in [1.54, 1.807) is 41.2 Å². The molecular weight excluding hydrogens is 591 g/mol. The topological polar surface area (TPSA) is 117 Å². The highest BCUT2D eigenvalue weighted by atomic mass is 19.4. The highest BCUT2D eigenvalue weighted by Gasteiger charge is 2.41. The minimum absolute atomic E-state index is 0.0751. The number of morpholine rings is 1. The van der Waals surface area contributed by atoms with Crippen LogP contribution in [0.4, 0.5) is 35.3 Å². The molecular formula is C31H34F3N7O4. The molecule has 2 aliphatic heterocycles. The van der Waals surface area contributed by atoms with E-state index >= 15 is 0 Å². The Balaban J connectivity index is 1.64. The van der Waals surface area contributed by atoms with E-state index in [2.05, 4.69) is 14.9 Å². The largest absolute Gasteiger partial charge is 0.481 e. The number of fused-ring (bicyclic) bond motifs is 1. The zero-order valence-electron chi connectivity index (χ0n) is 25.3. The number of rotatable bonds is 8. The molecule has 0 N–H and O–H groups in total. The van der Waals surface area contributed by atoms with E-state index in [-0.39, 0.29) is 36.3 Å². The second-order valence-electron chi connectivity index (χ2n) is 10.6. The van der Waals surface area contributed by atoms with Gasteiger partial charge in [-0.3, -0.25) is 4.90 Å². The van der Waals surface area contributed by atoms with Crippen LogP contribution in [0.3, 0.4) is 0 Å². The lowest BCUT2D eigenvalue weighted by atomic mass is 9.92. The molecule has 0 radical (unpaired) electrons. The number of carbonyl (C=O) groups is 1. The first-order valence-electron chi connectivity index (χ1n) is 14.7. The van der Waals surface area contributed by atoms with Gasteiger partial charge in [-0.05, 0) is 49.6 Å². The standard InChI is InChI=1S/C31H34F3N7O4/c1-4-23-15-26(28-25(6-7-27(38-28)43-3)41(23)30(42)45-5-2)40(19-21-12-20(16-35)13-22(14-21)31(32,33)34)29-36-17-24(18-37-29)39-8-10-44-11-9-39/h6-7,12-14,17-18,23,26H,4-5,8-11,15,19H2,1-3H3/t23-,26+/m1/s1. The molecule has 1 fully saturated rings. The van der Waals surface area contributed by atoms with Crippen LogP contribution < -0.4 is 19.4 Å². The fraction of sp³-hybridized carbons (Fsp3) is 0.452. The van der Waals surface area contributed by atoms with Gasteiger partial charge in [0.15, 0.2) is 0 Å². The van der Waals surface area contributed by atoms with Crippen LogP contribution in [0, 0.1) is 11.3 Å². The predicted octanol–water partition coefficient (Wildman–Crippen LogP) is 5.50. The van der Waals surface area contributed by atoms with Gasteiger partial charge >= 0.3 is 12.3 Å². The van der Waals surface area contributed by atoms with E-state index in [0.29, 0.717) is 56.4 Å². The van der Waals surface area contributed by atoms with Gasteiger partial charge in [-0.15, -0.1) is 0 Å². The first kappa shape index (κ1) is 31.8. The van der Waals surface area contributed by atoms with Crippen molar-refractivity contribution in [3.8, 4) is 11.9 Å². The minimum atomic E-state index is -4.65. The molecule has 1 amide bonds. The van der Waals surface area contributed by atoms with E-state index in [9.17, 15) is 23.2 Å². The number of benzene rings is 1. The Bertz CT molecular complexity index is 1540. The summed E-state index contributed by atoms with van der Waals surface area (Å²) in [6.45, 7) is 6.28. The Morgan fingerprint density at radius 3 is 2.51 bits per heavy atom. The lowest BCUT2D eigenvalue weighted by molar-refractivity contribution is -0.137. The number of halogens is 3. The van der Waals surface area contributed by atoms with Gasteiger partial charge in [0.05, 0.1) is 79.6 Å². The summed E-state index contributed by atoms with van der Waals surface area (Å²) < 4.78 is 57.8. The van der Waals surface area contributed by atoms with Crippen LogP contribution in [0.5, 0.6) is 5.88 Å². The van der Waals surface area contributed by atoms with Gasteiger partial charge in [-0.25, -0.2) is 19.7 Å². The molecule has 1 aromatic carbocycles. The van der Waals surface area contributed by atoms with Crippen molar-refractivity contribution in [2.24, 2.45) is 0 Å². The normalized spacial score (nSPS) is 18.2. The maximum Gasteiger partial charge on any atom is 0.416 e. The van der Waals surface area contributed by atoms with Gasteiger partial charge in [-0.2, -0.15) is 18.4 Å². The number of hydrogen-bond acceptors (Lipinski definition) is 10. The number of hydrogen-bond donors (Lipinski definition) is 0. The van der Waals surface area contributed by atoms with Gasteiger partial charge in [0.2, 0.25) is 11.8 Å². The maximum atomic E-state index is 13.8. The molecule has 45 heavy (non-hydrogen) atoms. The summed E-state index contributed by atoms with van der Waals surface area (Å²) in [5.74, 6) is 0.551. The van der Waals surface area contributed by atoms with Crippen LogP contribution in [0.15, 0.2) is 42.7 Å². The third kappa shape index (κ3) is 6.88. The summed E-state index contributed by atoms with van der Waals surface area (Å²) in [4.78, 5) is 32.7. The number of carbonyl (C=O) groups excluding carboxylic acids is 1. The van der Waals surface area contributed by atoms with E-state index in [0.717, 1.165) is 17.8 Å². The number of pyridine rings is 1. The Hall–Kier alpha value is -4.64. The van der Waals surface area contributed by atoms with Crippen molar-refractivity contribution in [2.75, 3.05) is 54.7 Å². The Morgan fingerprint density at radius 2 is 1.89 bits per heavy atom. The smallest absolute Gasteiger partial charge is 0.416 e. The molecule has 2 aromatic heterocycles. The van der Waals surface area contributed by atoms with Gasteiger partial charge in [0, 0.05) is 31.7 Å². The van der Waals surface area contributed by atoms with Crippen LogP contribution in [0.2, 0.25) is 0 Å². The van der Waals surface area contributed by atoms with Crippen LogP contribution >= 0.6 is 0 Å². The number of nitriles is 1. The molecule has 5 rings (SSSR count). The molecule has 0 unspecified atom stereocenters. The lowest BCUT2D eigenvalue weighted by Gasteiger charge is -2.43. The molecule has 238 valence electrons. The van der Waals surface area contributed by atoms with Crippen molar-refractivity contribution in [3.05, 3.63) is 65.1 Å². The fourth-order valence-corrected chi connectivity index (χ4v) is 5.72. The SMILES string of the molecule is CCOC(=O)N1c2ccc(OC)nc2[C@@H](N(Cc2cc(C#N)cc(C(F)(F)F)c2)c2ncc(N3CCOCC3)cn2)C[C@H]1CC. The van der Waals surface area contributed by atoms with Crippen molar-refractivity contribution in [1.29, 1.82) is 5.26 Å². The summed E-state index contributed by atoms with van der Waals surface area (Å²) in [6, 6.07) is 7.58. The first-order chi connectivity index (χ1) is 21.7. The number of aromatic nitrogens is 3. The van der Waals surface area contributed by atoms with Gasteiger partial charge in [-0.1, -0.05) is 6.92 Å². The molecule has 3 aromatic rings. The maximum absolute atomic E-state index is 13.8. The molecule has 1 saturated heterocycles. The molecule has 0 spiro atoms. The summed E-state index contributed by atoms with van der Waals surface area (Å²) in [5.41, 5.74) is 0.939. The van der Waals surface area contributed by atoms with Gasteiger partial charge < -0.3 is 24.0 Å². The van der Waals surface area contributed by atoms with Gasteiger partial charge in [0.25, 0.3) is 0 Å². The third-order valence-electron chi connectivity index (χ3n) is 7.89. The summed E-state index contributed by atoms with van der Waals surface area (Å²) >= 11 is 0. The molecule has 0 saturated carbocycles. The first-order valence-corrected chi connectivity index (χ1v) is 14.7. The second kappa shape index (κ2) is 13.6. The van der Waals surface area contributed by atoms with Gasteiger partial charge in [0.1, 0.15) is 0 Å². The minimum Gasteiger partial charge on any atom is -0.481 e. The zero-order chi connectivity index (χ0) is 32.1. The van der Waals surface area contributed by atoms with E-state index in [1.807, 2.05) is 13.0 Å². The molecule has 11 nitrogen and oxygen atoms in total. The highest BCUT2D eigenvalue weighted by Crippen LogP contribution is 2.43. The second-order valence-corrected chi connectivity index (χ2v) is 10.6. The van der Waals surface area contributed by atoms with Crippen molar-refractivity contribution < 1.29 is 32.2 Å². The number of nitrogens with zero attached hydrogens (tertiary/aromatic N) is 7. The highest BCUT2D eigenvalue weighted by molar-refractivity contribution is 5.90. The molecule has 0 bridgehead atoms. The number of methoxy groups -OCH3 is 1. The van der Waals surface area contributed by atoms with Crippen molar-refractivity contribution in [1.82, 2.24) is 15.0 Å². The zero-order valence-corrected chi connectivity index (χ0v) is 25.3. The summed E-state index contributed by atoms with van der Waals surface area (Å²) in [5, 5.41) is 9.54. The van der Waals surface area contributed by atoms with E-state index < -0.39 is 23.9 Å². The Morgan fingerprint density at radius 1 is 1.16 bits per heavy atom. The van der Waals surface area contributed by atoms with E-state index in [1.165, 1.54) is 13.2 Å². The number of ether oxygens (including phenoxy) is 3. The van der Waals surface area contributed by atoms with Crippen molar-refractivity contribution >= 4 is 23.4 Å². The number of amides is 1.